The summed E-state index contributed by atoms with van der Waals surface area (Å²) in [5.74, 6) is 0.530. The minimum Gasteiger partial charge on any atom is -0.370 e. The van der Waals surface area contributed by atoms with E-state index in [9.17, 15) is 18.0 Å². The third kappa shape index (κ3) is 5.21. The summed E-state index contributed by atoms with van der Waals surface area (Å²) in [6.07, 6.45) is 1.14. The fourth-order valence-corrected chi connectivity index (χ4v) is 4.91. The molecule has 3 heterocycles. The number of carbonyl (C=O) groups excluding carboxylic acids is 2. The van der Waals surface area contributed by atoms with E-state index in [1.807, 2.05) is 24.8 Å². The second-order valence-electron chi connectivity index (χ2n) is 7.22. The number of imide groups is 1. The van der Waals surface area contributed by atoms with Crippen molar-refractivity contribution >= 4 is 33.6 Å². The van der Waals surface area contributed by atoms with Gasteiger partial charge in [-0.2, -0.15) is 9.29 Å². The van der Waals surface area contributed by atoms with Gasteiger partial charge < -0.3 is 10.2 Å². The molecular weight excluding hydrogens is 396 g/mol. The molecule has 160 valence electrons. The van der Waals surface area contributed by atoms with E-state index < -0.39 is 10.0 Å². The molecule has 2 aliphatic heterocycles. The van der Waals surface area contributed by atoms with Crippen LogP contribution in [-0.2, 0) is 19.6 Å². The number of nitrogens with one attached hydrogen (secondary N) is 1. The number of aryl methyl sites for hydroxylation is 1. The second-order valence-corrected chi connectivity index (χ2v) is 9.31. The molecule has 11 heteroatoms. The lowest BCUT2D eigenvalue weighted by Crippen LogP contribution is -2.51. The summed E-state index contributed by atoms with van der Waals surface area (Å²) in [6, 6.07) is 1.87. The van der Waals surface area contributed by atoms with Gasteiger partial charge in [0.15, 0.2) is 0 Å². The Morgan fingerprint density at radius 1 is 1.07 bits per heavy atom. The molecule has 0 atom stereocenters. The first-order chi connectivity index (χ1) is 13.8. The molecule has 2 amide bonds. The lowest BCUT2D eigenvalue weighted by atomic mass is 10.1. The van der Waals surface area contributed by atoms with Gasteiger partial charge >= 0.3 is 0 Å². The van der Waals surface area contributed by atoms with Crippen molar-refractivity contribution < 1.29 is 18.0 Å². The van der Waals surface area contributed by atoms with Gasteiger partial charge in [0.25, 0.3) is 0 Å². The lowest BCUT2D eigenvalue weighted by Gasteiger charge is -2.34. The van der Waals surface area contributed by atoms with Crippen LogP contribution in [0.5, 0.6) is 0 Å². The number of anilines is 2. The minimum atomic E-state index is -3.55. The molecule has 0 spiro atoms. The van der Waals surface area contributed by atoms with E-state index in [1.54, 1.807) is 0 Å². The molecule has 0 aromatic carbocycles. The molecule has 2 aliphatic rings. The number of sulfonamides is 1. The molecule has 2 saturated heterocycles. The Labute approximate surface area is 171 Å². The maximum Gasteiger partial charge on any atom is 0.229 e. The van der Waals surface area contributed by atoms with Crippen molar-refractivity contribution in [3.63, 3.8) is 0 Å². The van der Waals surface area contributed by atoms with Crippen LogP contribution in [0.3, 0.4) is 0 Å². The first-order valence-electron chi connectivity index (χ1n) is 9.95. The lowest BCUT2D eigenvalue weighted by molar-refractivity contribution is -0.147. The summed E-state index contributed by atoms with van der Waals surface area (Å²) >= 11 is 0. The third-order valence-electron chi connectivity index (χ3n) is 5.07. The summed E-state index contributed by atoms with van der Waals surface area (Å²) in [6.45, 7) is 6.17. The van der Waals surface area contributed by atoms with Crippen LogP contribution in [0.25, 0.3) is 0 Å². The van der Waals surface area contributed by atoms with E-state index in [-0.39, 0.29) is 24.1 Å². The van der Waals surface area contributed by atoms with Gasteiger partial charge in [-0.25, -0.2) is 13.4 Å². The Kier molecular flexibility index (Phi) is 6.68. The average molecular weight is 425 g/mol. The normalized spacial score (nSPS) is 19.0. The van der Waals surface area contributed by atoms with E-state index in [0.29, 0.717) is 51.4 Å². The number of piperazine rings is 1. The summed E-state index contributed by atoms with van der Waals surface area (Å²) in [5.41, 5.74) is 0.844. The first kappa shape index (κ1) is 21.4. The highest BCUT2D eigenvalue weighted by Gasteiger charge is 2.31. The number of hydrogen-bond acceptors (Lipinski definition) is 8. The van der Waals surface area contributed by atoms with E-state index in [0.717, 1.165) is 23.0 Å². The first-order valence-corrected chi connectivity index (χ1v) is 11.6. The summed E-state index contributed by atoms with van der Waals surface area (Å²) in [5, 5.41) is 3.17. The van der Waals surface area contributed by atoms with Crippen LogP contribution >= 0.6 is 0 Å². The van der Waals surface area contributed by atoms with Gasteiger partial charge in [0.2, 0.25) is 27.8 Å². The molecule has 0 aliphatic carbocycles. The summed E-state index contributed by atoms with van der Waals surface area (Å²) in [4.78, 5) is 35.8. The molecule has 0 saturated carbocycles. The molecule has 10 nitrogen and oxygen atoms in total. The zero-order chi connectivity index (χ0) is 21.0. The Balaban J connectivity index is 1.58. The van der Waals surface area contributed by atoms with Crippen LogP contribution in [-0.4, -0.2) is 84.4 Å². The number of likely N-dealkylation sites (tertiary alicyclic amines) is 1. The Hall–Kier alpha value is -2.27. The SMILES string of the molecule is CCNc1cc(C)nc(N2CCN(S(=O)(=O)CCN3C(=O)CCCC3=O)CC2)n1. The van der Waals surface area contributed by atoms with Crippen molar-refractivity contribution in [1.82, 2.24) is 19.2 Å². The molecule has 0 bridgehead atoms. The van der Waals surface area contributed by atoms with Crippen LogP contribution in [0.2, 0.25) is 0 Å². The van der Waals surface area contributed by atoms with Gasteiger partial charge in [0.05, 0.1) is 5.75 Å². The average Bonchev–Trinajstić information content (AvgIpc) is 2.67. The predicted octanol–water partition coefficient (Wildman–Crippen LogP) is 0.208. The van der Waals surface area contributed by atoms with Gasteiger partial charge in [-0.1, -0.05) is 0 Å². The molecule has 29 heavy (non-hydrogen) atoms. The zero-order valence-corrected chi connectivity index (χ0v) is 17.7. The van der Waals surface area contributed by atoms with Crippen LogP contribution in [0, 0.1) is 6.92 Å². The predicted molar refractivity (Wildman–Crippen MR) is 109 cm³/mol. The Bertz CT molecular complexity index is 851. The molecule has 2 fully saturated rings. The fourth-order valence-electron chi connectivity index (χ4n) is 3.52. The fraction of sp³-hybridized carbons (Fsp3) is 0.667. The standard InChI is InChI=1S/C18H28N6O4S/c1-3-19-15-13-14(2)20-18(21-15)22-7-9-23(10-8-22)29(27,28)12-11-24-16(25)5-4-6-17(24)26/h13H,3-12H2,1-2H3,(H,19,20,21). The summed E-state index contributed by atoms with van der Waals surface area (Å²) in [7, 11) is -3.55. The second kappa shape index (κ2) is 9.04. The third-order valence-corrected chi connectivity index (χ3v) is 6.92. The van der Waals surface area contributed by atoms with Crippen LogP contribution in [0.15, 0.2) is 6.07 Å². The van der Waals surface area contributed by atoms with E-state index in [4.69, 9.17) is 0 Å². The van der Waals surface area contributed by atoms with Crippen molar-refractivity contribution in [2.75, 3.05) is 55.2 Å². The topological polar surface area (TPSA) is 116 Å². The highest BCUT2D eigenvalue weighted by Crippen LogP contribution is 2.18. The molecule has 1 N–H and O–H groups in total. The summed E-state index contributed by atoms with van der Waals surface area (Å²) < 4.78 is 26.8. The Morgan fingerprint density at radius 2 is 1.72 bits per heavy atom. The quantitative estimate of drug-likeness (QED) is 0.618. The van der Waals surface area contributed by atoms with E-state index >= 15 is 0 Å². The highest BCUT2D eigenvalue weighted by molar-refractivity contribution is 7.89. The van der Waals surface area contributed by atoms with Crippen molar-refractivity contribution in [3.05, 3.63) is 11.8 Å². The van der Waals surface area contributed by atoms with Gasteiger partial charge in [-0.15, -0.1) is 0 Å². The van der Waals surface area contributed by atoms with Crippen molar-refractivity contribution in [2.24, 2.45) is 0 Å². The van der Waals surface area contributed by atoms with Crippen molar-refractivity contribution in [1.29, 1.82) is 0 Å². The van der Waals surface area contributed by atoms with E-state index in [1.165, 1.54) is 4.31 Å². The van der Waals surface area contributed by atoms with Gasteiger partial charge in [-0.3, -0.25) is 14.5 Å². The molecule has 1 aromatic rings. The number of amides is 2. The smallest absolute Gasteiger partial charge is 0.229 e. The van der Waals surface area contributed by atoms with E-state index in [2.05, 4.69) is 15.3 Å². The minimum absolute atomic E-state index is 0.0761. The number of nitrogens with zero attached hydrogens (tertiary/aromatic N) is 5. The van der Waals surface area contributed by atoms with Crippen LogP contribution in [0.4, 0.5) is 11.8 Å². The van der Waals surface area contributed by atoms with Crippen molar-refractivity contribution in [3.8, 4) is 0 Å². The number of rotatable bonds is 7. The largest absolute Gasteiger partial charge is 0.370 e. The zero-order valence-electron chi connectivity index (χ0n) is 16.9. The number of hydrogen-bond donors (Lipinski definition) is 1. The number of carbonyl (C=O) groups is 2. The molecule has 0 radical (unpaired) electrons. The molecule has 3 rings (SSSR count). The molecule has 0 unspecified atom stereocenters. The Morgan fingerprint density at radius 3 is 2.34 bits per heavy atom. The monoisotopic (exact) mass is 424 g/mol. The van der Waals surface area contributed by atoms with Gasteiger partial charge in [0, 0.05) is 63.9 Å². The highest BCUT2D eigenvalue weighted by atomic mass is 32.2. The maximum atomic E-state index is 12.7. The maximum absolute atomic E-state index is 12.7. The van der Waals surface area contributed by atoms with Gasteiger partial charge in [-0.05, 0) is 20.3 Å². The molecular formula is C18H28N6O4S. The number of piperidine rings is 1. The van der Waals surface area contributed by atoms with Gasteiger partial charge in [0.1, 0.15) is 5.82 Å². The van der Waals surface area contributed by atoms with Crippen LogP contribution in [0.1, 0.15) is 31.9 Å². The van der Waals surface area contributed by atoms with Crippen LogP contribution < -0.4 is 10.2 Å². The molecule has 1 aromatic heterocycles. The number of aromatic nitrogens is 2. The van der Waals surface area contributed by atoms with Crippen molar-refractivity contribution in [2.45, 2.75) is 33.1 Å².